The molecule has 3 rings (SSSR count). The van der Waals surface area contributed by atoms with E-state index in [0.29, 0.717) is 0 Å². The van der Waals surface area contributed by atoms with Gasteiger partial charge in [0.1, 0.15) is 17.4 Å². The molecule has 0 radical (unpaired) electrons. The number of benzene rings is 2. The highest BCUT2D eigenvalue weighted by molar-refractivity contribution is 6.22. The molecule has 0 fully saturated rings. The van der Waals surface area contributed by atoms with E-state index in [1.165, 1.54) is 12.1 Å². The molecule has 0 N–H and O–H groups in total. The van der Waals surface area contributed by atoms with Crippen LogP contribution in [-0.2, 0) is 6.42 Å². The summed E-state index contributed by atoms with van der Waals surface area (Å²) < 4.78 is 32.3. The maximum absolute atomic E-state index is 13.8. The number of alkyl halides is 1. The topological polar surface area (TPSA) is 9.23 Å². The van der Waals surface area contributed by atoms with Crippen LogP contribution in [0.4, 0.5) is 8.78 Å². The Balaban J connectivity index is 1.95. The van der Waals surface area contributed by atoms with Crippen molar-refractivity contribution in [2.75, 3.05) is 6.61 Å². The minimum Gasteiger partial charge on any atom is -0.493 e. The van der Waals surface area contributed by atoms with E-state index in [1.54, 1.807) is 0 Å². The fraction of sp³-hybridized carbons (Fsp3) is 0.250. The van der Waals surface area contributed by atoms with Gasteiger partial charge in [-0.25, -0.2) is 8.78 Å². The van der Waals surface area contributed by atoms with Gasteiger partial charge >= 0.3 is 0 Å². The number of rotatable bonds is 2. The maximum Gasteiger partial charge on any atom is 0.131 e. The second-order valence-electron chi connectivity index (χ2n) is 4.85. The smallest absolute Gasteiger partial charge is 0.131 e. The van der Waals surface area contributed by atoms with Crippen LogP contribution in [0.3, 0.4) is 0 Å². The average molecular weight is 295 g/mol. The molecule has 0 spiro atoms. The van der Waals surface area contributed by atoms with Crippen molar-refractivity contribution in [3.05, 3.63) is 64.7 Å². The van der Waals surface area contributed by atoms with Gasteiger partial charge in [-0.2, -0.15) is 0 Å². The summed E-state index contributed by atoms with van der Waals surface area (Å²) in [5, 5.41) is -0.636. The van der Waals surface area contributed by atoms with Crippen molar-refractivity contribution in [3.8, 4) is 5.75 Å². The standard InChI is InChI=1S/C16H13ClF2O/c17-16(13-5-4-12(18)9-14(13)19)11-3-6-15-10(8-11)2-1-7-20-15/h3-6,8-9,16H,1-2,7H2. The third-order valence-corrected chi connectivity index (χ3v) is 3.95. The maximum atomic E-state index is 13.8. The molecule has 20 heavy (non-hydrogen) atoms. The van der Waals surface area contributed by atoms with Gasteiger partial charge in [0.15, 0.2) is 0 Å². The summed E-state index contributed by atoms with van der Waals surface area (Å²) in [5.74, 6) is -0.364. The van der Waals surface area contributed by atoms with Crippen molar-refractivity contribution in [2.45, 2.75) is 18.2 Å². The van der Waals surface area contributed by atoms with Crippen LogP contribution in [0.5, 0.6) is 5.75 Å². The van der Waals surface area contributed by atoms with Gasteiger partial charge in [0.05, 0.1) is 12.0 Å². The fourth-order valence-electron chi connectivity index (χ4n) is 2.42. The molecule has 1 nitrogen and oxygen atoms in total. The highest BCUT2D eigenvalue weighted by Gasteiger charge is 2.18. The Bertz CT molecular complexity index is 642. The second-order valence-corrected chi connectivity index (χ2v) is 5.28. The minimum atomic E-state index is -0.636. The molecule has 2 aromatic carbocycles. The van der Waals surface area contributed by atoms with Gasteiger partial charge in [0.2, 0.25) is 0 Å². The first-order valence-corrected chi connectivity index (χ1v) is 6.93. The monoisotopic (exact) mass is 294 g/mol. The summed E-state index contributed by atoms with van der Waals surface area (Å²) in [4.78, 5) is 0. The van der Waals surface area contributed by atoms with Crippen LogP contribution in [0.25, 0.3) is 0 Å². The molecule has 0 amide bonds. The Morgan fingerprint density at radius 1 is 1.10 bits per heavy atom. The minimum absolute atomic E-state index is 0.282. The molecule has 0 saturated heterocycles. The summed E-state index contributed by atoms with van der Waals surface area (Å²) >= 11 is 6.33. The lowest BCUT2D eigenvalue weighted by Gasteiger charge is -2.19. The zero-order valence-electron chi connectivity index (χ0n) is 10.7. The SMILES string of the molecule is Fc1ccc(C(Cl)c2ccc3c(c2)CCCO3)c(F)c1. The van der Waals surface area contributed by atoms with E-state index >= 15 is 0 Å². The predicted molar refractivity (Wildman–Crippen MR) is 74.3 cm³/mol. The largest absolute Gasteiger partial charge is 0.493 e. The van der Waals surface area contributed by atoms with Gasteiger partial charge in [-0.1, -0.05) is 18.2 Å². The van der Waals surface area contributed by atoms with E-state index in [0.717, 1.165) is 42.4 Å². The Labute approximate surface area is 121 Å². The summed E-state index contributed by atoms with van der Waals surface area (Å²) in [6.45, 7) is 0.725. The zero-order valence-corrected chi connectivity index (χ0v) is 11.5. The van der Waals surface area contributed by atoms with Crippen molar-refractivity contribution < 1.29 is 13.5 Å². The third-order valence-electron chi connectivity index (χ3n) is 3.46. The van der Waals surface area contributed by atoms with Gasteiger partial charge in [0.25, 0.3) is 0 Å². The molecular formula is C16H13ClF2O. The molecule has 2 aromatic rings. The Morgan fingerprint density at radius 2 is 1.95 bits per heavy atom. The summed E-state index contributed by atoms with van der Waals surface area (Å²) in [6, 6.07) is 9.08. The molecule has 0 saturated carbocycles. The van der Waals surface area contributed by atoms with Gasteiger partial charge in [0, 0.05) is 11.6 Å². The van der Waals surface area contributed by atoms with Crippen LogP contribution in [0, 0.1) is 11.6 Å². The third kappa shape index (κ3) is 2.50. The van der Waals surface area contributed by atoms with Gasteiger partial charge in [-0.15, -0.1) is 11.6 Å². The molecule has 1 heterocycles. The van der Waals surface area contributed by atoms with Crippen LogP contribution < -0.4 is 4.74 Å². The lowest BCUT2D eigenvalue weighted by molar-refractivity contribution is 0.288. The van der Waals surface area contributed by atoms with Gasteiger partial charge in [-0.3, -0.25) is 0 Å². The quantitative estimate of drug-likeness (QED) is 0.735. The summed E-state index contributed by atoms with van der Waals surface area (Å²) in [7, 11) is 0. The highest BCUT2D eigenvalue weighted by Crippen LogP contribution is 2.34. The highest BCUT2D eigenvalue weighted by atomic mass is 35.5. The molecule has 104 valence electrons. The number of aryl methyl sites for hydroxylation is 1. The van der Waals surface area contributed by atoms with Crippen LogP contribution in [-0.4, -0.2) is 6.61 Å². The number of hydrogen-bond acceptors (Lipinski definition) is 1. The van der Waals surface area contributed by atoms with Crippen molar-refractivity contribution in [1.82, 2.24) is 0 Å². The number of halogens is 3. The first-order chi connectivity index (χ1) is 9.65. The Kier molecular flexibility index (Phi) is 3.62. The predicted octanol–water partition coefficient (Wildman–Crippen LogP) is 4.62. The van der Waals surface area contributed by atoms with Crippen LogP contribution in [0.15, 0.2) is 36.4 Å². The molecule has 1 aliphatic heterocycles. The average Bonchev–Trinajstić information content (AvgIpc) is 2.46. The van der Waals surface area contributed by atoms with Crippen LogP contribution >= 0.6 is 11.6 Å². The molecule has 0 aliphatic carbocycles. The number of fused-ring (bicyclic) bond motifs is 1. The fourth-order valence-corrected chi connectivity index (χ4v) is 2.74. The summed E-state index contributed by atoms with van der Waals surface area (Å²) in [5.41, 5.74) is 2.16. The van der Waals surface area contributed by atoms with E-state index in [2.05, 4.69) is 0 Å². The molecule has 1 aliphatic rings. The molecule has 0 aromatic heterocycles. The zero-order chi connectivity index (χ0) is 14.1. The van der Waals surface area contributed by atoms with Gasteiger partial charge < -0.3 is 4.74 Å². The van der Waals surface area contributed by atoms with Crippen molar-refractivity contribution in [3.63, 3.8) is 0 Å². The first-order valence-electron chi connectivity index (χ1n) is 6.50. The van der Waals surface area contributed by atoms with E-state index in [-0.39, 0.29) is 5.56 Å². The molecule has 1 atom stereocenters. The van der Waals surface area contributed by atoms with E-state index < -0.39 is 17.0 Å². The van der Waals surface area contributed by atoms with E-state index in [9.17, 15) is 8.78 Å². The van der Waals surface area contributed by atoms with Crippen LogP contribution in [0.2, 0.25) is 0 Å². The lowest BCUT2D eigenvalue weighted by atomic mass is 9.98. The van der Waals surface area contributed by atoms with Crippen molar-refractivity contribution in [2.24, 2.45) is 0 Å². The van der Waals surface area contributed by atoms with E-state index in [4.69, 9.17) is 16.3 Å². The van der Waals surface area contributed by atoms with Crippen molar-refractivity contribution >= 4 is 11.6 Å². The first kappa shape index (κ1) is 13.4. The number of hydrogen-bond donors (Lipinski definition) is 0. The van der Waals surface area contributed by atoms with Crippen LogP contribution in [0.1, 0.15) is 28.5 Å². The number of ether oxygens (including phenoxy) is 1. The Hall–Kier alpha value is -1.61. The summed E-state index contributed by atoms with van der Waals surface area (Å²) in [6.07, 6.45) is 1.90. The van der Waals surface area contributed by atoms with E-state index in [1.807, 2.05) is 18.2 Å². The van der Waals surface area contributed by atoms with Crippen molar-refractivity contribution in [1.29, 1.82) is 0 Å². The Morgan fingerprint density at radius 3 is 2.75 bits per heavy atom. The molecule has 1 unspecified atom stereocenters. The second kappa shape index (κ2) is 5.41. The lowest BCUT2D eigenvalue weighted by Crippen LogP contribution is -2.09. The normalized spacial score (nSPS) is 15.3. The molecular weight excluding hydrogens is 282 g/mol. The van der Waals surface area contributed by atoms with Gasteiger partial charge in [-0.05, 0) is 36.1 Å². The molecule has 0 bridgehead atoms. The molecule has 4 heteroatoms.